The summed E-state index contributed by atoms with van der Waals surface area (Å²) in [5.41, 5.74) is 0. The maximum atomic E-state index is 11.1. The third-order valence-electron chi connectivity index (χ3n) is 2.28. The van der Waals surface area contributed by atoms with Crippen LogP contribution in [0.15, 0.2) is 17.1 Å². The minimum atomic E-state index is -3.09. The largest absolute Gasteiger partial charge is 0.356 e. The number of allylic oxidation sites excluding steroid dienone is 1. The van der Waals surface area contributed by atoms with E-state index in [2.05, 4.69) is 15.6 Å². The summed E-state index contributed by atoms with van der Waals surface area (Å²) in [6, 6.07) is 0. The fourth-order valence-electron chi connectivity index (χ4n) is 1.06. The minimum absolute atomic E-state index is 0.178. The molecule has 0 atom stereocenters. The summed E-state index contributed by atoms with van der Waals surface area (Å²) in [6.07, 6.45) is 6.37. The molecule has 0 radical (unpaired) electrons. The van der Waals surface area contributed by atoms with E-state index in [0.29, 0.717) is 26.2 Å². The molecule has 19 heavy (non-hydrogen) atoms. The van der Waals surface area contributed by atoms with E-state index in [1.165, 1.54) is 22.9 Å². The monoisotopic (exact) mass is 290 g/mol. The summed E-state index contributed by atoms with van der Waals surface area (Å²) in [7, 11) is 0.0177. The van der Waals surface area contributed by atoms with Gasteiger partial charge in [-0.15, -0.1) is 0 Å². The van der Waals surface area contributed by atoms with Gasteiger partial charge in [-0.1, -0.05) is 0 Å². The quantitative estimate of drug-likeness (QED) is 0.330. The van der Waals surface area contributed by atoms with Crippen LogP contribution in [0.1, 0.15) is 6.42 Å². The van der Waals surface area contributed by atoms with Crippen LogP contribution in [0.5, 0.6) is 0 Å². The molecular weight excluding hydrogens is 268 g/mol. The summed E-state index contributed by atoms with van der Waals surface area (Å²) in [5, 5.41) is 5.49. The first-order chi connectivity index (χ1) is 8.88. The topological polar surface area (TPSA) is 90.9 Å². The molecule has 0 fully saturated rings. The van der Waals surface area contributed by atoms with Crippen molar-refractivity contribution >= 4 is 22.1 Å². The average molecular weight is 290 g/mol. The van der Waals surface area contributed by atoms with Gasteiger partial charge in [0.05, 0.1) is 12.9 Å². The molecule has 110 valence electrons. The van der Waals surface area contributed by atoms with Crippen molar-refractivity contribution < 1.29 is 13.2 Å². The van der Waals surface area contributed by atoms with Gasteiger partial charge in [0, 0.05) is 32.9 Å². The standard InChI is InChI=1S/C11H22N4O3S/c1-12-11(16)6-4-7-13-10-14-8-5-9-15(2)19(3,17)18/h4,6-7,14H,5,8-10H2,1-3H3,(H,12,16)/b6-4+,13-7?. The van der Waals surface area contributed by atoms with Gasteiger partial charge in [-0.05, 0) is 19.0 Å². The Morgan fingerprint density at radius 2 is 2.11 bits per heavy atom. The van der Waals surface area contributed by atoms with Gasteiger partial charge in [0.15, 0.2) is 0 Å². The van der Waals surface area contributed by atoms with E-state index < -0.39 is 10.0 Å². The highest BCUT2D eigenvalue weighted by Crippen LogP contribution is 1.93. The highest BCUT2D eigenvalue weighted by molar-refractivity contribution is 7.88. The van der Waals surface area contributed by atoms with E-state index >= 15 is 0 Å². The zero-order chi connectivity index (χ0) is 14.7. The lowest BCUT2D eigenvalue weighted by molar-refractivity contribution is -0.116. The first-order valence-electron chi connectivity index (χ1n) is 5.88. The Hall–Kier alpha value is -1.25. The number of nitrogens with zero attached hydrogens (tertiary/aromatic N) is 2. The molecule has 0 aliphatic carbocycles. The van der Waals surface area contributed by atoms with Crippen LogP contribution in [0.4, 0.5) is 0 Å². The Morgan fingerprint density at radius 3 is 2.68 bits per heavy atom. The number of rotatable bonds is 9. The summed E-state index contributed by atoms with van der Waals surface area (Å²) in [6.45, 7) is 1.59. The van der Waals surface area contributed by atoms with Gasteiger partial charge < -0.3 is 5.32 Å². The zero-order valence-electron chi connectivity index (χ0n) is 11.6. The van der Waals surface area contributed by atoms with Crippen LogP contribution < -0.4 is 10.6 Å². The van der Waals surface area contributed by atoms with Crippen LogP contribution in [0, 0.1) is 0 Å². The summed E-state index contributed by atoms with van der Waals surface area (Å²) in [5.74, 6) is -0.178. The van der Waals surface area contributed by atoms with E-state index in [1.807, 2.05) is 0 Å². The number of carbonyl (C=O) groups is 1. The smallest absolute Gasteiger partial charge is 0.243 e. The first kappa shape index (κ1) is 17.8. The predicted molar refractivity (Wildman–Crippen MR) is 76.7 cm³/mol. The second-order valence-corrected chi connectivity index (χ2v) is 5.99. The molecule has 0 aromatic rings. The van der Waals surface area contributed by atoms with Gasteiger partial charge in [-0.2, -0.15) is 0 Å². The van der Waals surface area contributed by atoms with Crippen LogP contribution in [0.25, 0.3) is 0 Å². The van der Waals surface area contributed by atoms with Gasteiger partial charge in [-0.3, -0.25) is 15.1 Å². The molecule has 0 bridgehead atoms. The number of amides is 1. The normalized spacial score (nSPS) is 12.6. The maximum Gasteiger partial charge on any atom is 0.243 e. The molecule has 8 heteroatoms. The van der Waals surface area contributed by atoms with Crippen LogP contribution in [0.3, 0.4) is 0 Å². The lowest BCUT2D eigenvalue weighted by atomic mass is 10.4. The van der Waals surface area contributed by atoms with Crippen molar-refractivity contribution in [3.63, 3.8) is 0 Å². The second-order valence-electron chi connectivity index (χ2n) is 3.90. The third kappa shape index (κ3) is 10.4. The second kappa shape index (κ2) is 9.65. The van der Waals surface area contributed by atoms with Crippen molar-refractivity contribution in [2.75, 3.05) is 40.1 Å². The first-order valence-corrected chi connectivity index (χ1v) is 7.73. The van der Waals surface area contributed by atoms with E-state index in [9.17, 15) is 13.2 Å². The summed E-state index contributed by atoms with van der Waals surface area (Å²) < 4.78 is 23.5. The Labute approximate surface area is 114 Å². The molecule has 0 unspecified atom stereocenters. The van der Waals surface area contributed by atoms with Crippen molar-refractivity contribution in [2.24, 2.45) is 4.99 Å². The maximum absolute atomic E-state index is 11.1. The lowest BCUT2D eigenvalue weighted by Crippen LogP contribution is -2.29. The molecule has 0 aromatic carbocycles. The van der Waals surface area contributed by atoms with Crippen molar-refractivity contribution in [3.8, 4) is 0 Å². The number of hydrogen-bond acceptors (Lipinski definition) is 5. The van der Waals surface area contributed by atoms with Crippen LogP contribution >= 0.6 is 0 Å². The lowest BCUT2D eigenvalue weighted by Gasteiger charge is -2.13. The Bertz CT molecular complexity index is 418. The number of sulfonamides is 1. The van der Waals surface area contributed by atoms with Gasteiger partial charge in [0.1, 0.15) is 0 Å². The van der Waals surface area contributed by atoms with Gasteiger partial charge in [0.25, 0.3) is 0 Å². The molecule has 0 saturated carbocycles. The minimum Gasteiger partial charge on any atom is -0.356 e. The molecule has 0 saturated heterocycles. The molecule has 0 heterocycles. The number of nitrogens with one attached hydrogen (secondary N) is 2. The molecular formula is C11H22N4O3S. The molecule has 0 rings (SSSR count). The number of likely N-dealkylation sites (N-methyl/N-ethyl adjacent to an activating group) is 1. The molecule has 0 spiro atoms. The molecule has 0 aromatic heterocycles. The highest BCUT2D eigenvalue weighted by atomic mass is 32.2. The highest BCUT2D eigenvalue weighted by Gasteiger charge is 2.08. The molecule has 7 nitrogen and oxygen atoms in total. The SMILES string of the molecule is CNC(=O)/C=C/C=NCNCCCN(C)S(C)(=O)=O. The predicted octanol–water partition coefficient (Wildman–Crippen LogP) is -0.812. The van der Waals surface area contributed by atoms with E-state index in [4.69, 9.17) is 0 Å². The zero-order valence-corrected chi connectivity index (χ0v) is 12.4. The van der Waals surface area contributed by atoms with Crippen molar-refractivity contribution in [3.05, 3.63) is 12.2 Å². The number of carbonyl (C=O) groups excluding carboxylic acids is 1. The molecule has 1 amide bonds. The van der Waals surface area contributed by atoms with Crippen LogP contribution in [-0.2, 0) is 14.8 Å². The summed E-state index contributed by atoms with van der Waals surface area (Å²) >= 11 is 0. The fraction of sp³-hybridized carbons (Fsp3) is 0.636. The third-order valence-corrected chi connectivity index (χ3v) is 3.60. The average Bonchev–Trinajstić information content (AvgIpc) is 2.34. The van der Waals surface area contributed by atoms with Gasteiger partial charge >= 0.3 is 0 Å². The molecule has 2 N–H and O–H groups in total. The Kier molecular flexibility index (Phi) is 9.02. The van der Waals surface area contributed by atoms with Gasteiger partial charge in [0.2, 0.25) is 15.9 Å². The Balaban J connectivity index is 3.59. The molecule has 0 aliphatic rings. The van der Waals surface area contributed by atoms with Crippen molar-refractivity contribution in [1.82, 2.24) is 14.9 Å². The van der Waals surface area contributed by atoms with Gasteiger partial charge in [-0.25, -0.2) is 12.7 Å². The van der Waals surface area contributed by atoms with E-state index in [-0.39, 0.29) is 5.91 Å². The van der Waals surface area contributed by atoms with E-state index in [0.717, 1.165) is 0 Å². The number of aliphatic imine (C=N–C) groups is 1. The Morgan fingerprint density at radius 1 is 1.42 bits per heavy atom. The van der Waals surface area contributed by atoms with E-state index in [1.54, 1.807) is 20.2 Å². The number of hydrogen-bond donors (Lipinski definition) is 2. The molecule has 0 aliphatic heterocycles. The van der Waals surface area contributed by atoms with Crippen molar-refractivity contribution in [2.45, 2.75) is 6.42 Å². The van der Waals surface area contributed by atoms with Crippen LogP contribution in [0.2, 0.25) is 0 Å². The van der Waals surface area contributed by atoms with Crippen LogP contribution in [-0.4, -0.2) is 65.0 Å². The van der Waals surface area contributed by atoms with Crippen molar-refractivity contribution in [1.29, 1.82) is 0 Å². The fourth-order valence-corrected chi connectivity index (χ4v) is 1.52. The summed E-state index contributed by atoms with van der Waals surface area (Å²) in [4.78, 5) is 14.8.